The van der Waals surface area contributed by atoms with Gasteiger partial charge in [-0.05, 0) is 107 Å². The molecule has 0 bridgehead atoms. The molecular weight excluding hydrogens is 1050 g/mol. The van der Waals surface area contributed by atoms with Gasteiger partial charge in [0.05, 0.1) is 24.9 Å². The second-order valence-corrected chi connectivity index (χ2v) is 26.4. The standard InChI is InChI=1S/C47H42FN2S.C14H16NSi.Ir/c1-28(2)39-26-34(47(5,6)7)27-40(29(3)4)44(39)50-42-14-9-8-13-41(42)49-46(50)38-12-10-11-37-36-24-21-33(25-43(36)51-45(37)38)32-17-15-30(16-18-32)31-19-22-35(48)23-20-31;1-16(2,3)13-9-10-14(15-11-13)12-7-5-4-6-8-12;/h8-11,13-29H,1-7H3;4-7,9-11H,1-3H3;/q2*-1;. The number of fused-ring (bicyclic) bond motifs is 4. The third-order valence-corrected chi connectivity index (χ3v) is 15.9. The Hall–Kier alpha value is -5.82. The Bertz CT molecular complexity index is 3330. The van der Waals surface area contributed by atoms with Crippen LogP contribution < -0.4 is 5.19 Å². The average molecular weight is 1100 g/mol. The molecule has 7 heteroatoms. The van der Waals surface area contributed by atoms with Gasteiger partial charge >= 0.3 is 0 Å². The topological polar surface area (TPSA) is 30.7 Å². The maximum atomic E-state index is 13.5. The van der Waals surface area contributed by atoms with Crippen molar-refractivity contribution in [2.75, 3.05) is 0 Å². The SMILES string of the molecule is CC(C)c1cc(C(C)(C)C)cc(C(C)C)c1-n1c(-c2[c-]ccc3c2sc2cc(-c4ccc(-c5ccc(F)cc5)cc4)ccc23)nc2ccccc21.C[Si](C)(C)c1ccc(-c2[c-]cccc2)nc1.[Ir]. The molecule has 0 saturated carbocycles. The Morgan fingerprint density at radius 3 is 1.85 bits per heavy atom. The molecule has 345 valence electrons. The average Bonchev–Trinajstić information content (AvgIpc) is 3.90. The number of nitrogens with zero attached hydrogens (tertiary/aromatic N) is 3. The summed E-state index contributed by atoms with van der Waals surface area (Å²) in [6.45, 7) is 23.1. The molecule has 10 aromatic rings. The van der Waals surface area contributed by atoms with Gasteiger partial charge < -0.3 is 9.55 Å². The fraction of sp³-hybridized carbons (Fsp3) is 0.213. The summed E-state index contributed by atoms with van der Waals surface area (Å²) in [6, 6.07) is 58.7. The molecule has 0 saturated heterocycles. The van der Waals surface area contributed by atoms with Gasteiger partial charge in [0.25, 0.3) is 0 Å². The predicted molar refractivity (Wildman–Crippen MR) is 287 cm³/mol. The molecule has 3 nitrogen and oxygen atoms in total. The van der Waals surface area contributed by atoms with Crippen LogP contribution in [0.2, 0.25) is 19.6 Å². The molecule has 0 N–H and O–H groups in total. The number of thiophene rings is 1. The zero-order valence-electron chi connectivity index (χ0n) is 40.6. The van der Waals surface area contributed by atoms with E-state index in [0.717, 1.165) is 50.4 Å². The zero-order valence-corrected chi connectivity index (χ0v) is 44.8. The summed E-state index contributed by atoms with van der Waals surface area (Å²) < 4.78 is 18.3. The second-order valence-electron chi connectivity index (χ2n) is 20.3. The van der Waals surface area contributed by atoms with E-state index >= 15 is 0 Å². The van der Waals surface area contributed by atoms with Crippen LogP contribution in [0.3, 0.4) is 0 Å². The first kappa shape index (κ1) is 48.6. The van der Waals surface area contributed by atoms with E-state index in [1.54, 1.807) is 0 Å². The van der Waals surface area contributed by atoms with E-state index in [9.17, 15) is 4.39 Å². The minimum absolute atomic E-state index is 0. The van der Waals surface area contributed by atoms with E-state index in [1.807, 2.05) is 53.9 Å². The Balaban J connectivity index is 0.000000312. The van der Waals surface area contributed by atoms with E-state index in [0.29, 0.717) is 11.8 Å². The molecule has 7 aromatic carbocycles. The molecule has 0 spiro atoms. The third kappa shape index (κ3) is 9.86. The molecule has 3 aromatic heterocycles. The van der Waals surface area contributed by atoms with Crippen molar-refractivity contribution in [1.82, 2.24) is 14.5 Å². The zero-order chi connectivity index (χ0) is 47.2. The van der Waals surface area contributed by atoms with Gasteiger partial charge in [-0.15, -0.1) is 54.1 Å². The minimum Gasteiger partial charge on any atom is -0.333 e. The number of pyridine rings is 1. The largest absolute Gasteiger partial charge is 0.333 e. The Labute approximate surface area is 420 Å². The summed E-state index contributed by atoms with van der Waals surface area (Å²) in [5, 5.41) is 3.85. The van der Waals surface area contributed by atoms with Crippen molar-refractivity contribution in [3.05, 3.63) is 192 Å². The van der Waals surface area contributed by atoms with Crippen LogP contribution in [-0.4, -0.2) is 22.6 Å². The van der Waals surface area contributed by atoms with E-state index < -0.39 is 8.07 Å². The summed E-state index contributed by atoms with van der Waals surface area (Å²) in [6.07, 6.45) is 2.02. The Morgan fingerprint density at radius 2 is 1.26 bits per heavy atom. The maximum absolute atomic E-state index is 13.5. The van der Waals surface area contributed by atoms with Crippen LogP contribution in [0, 0.1) is 17.9 Å². The fourth-order valence-corrected chi connectivity index (χ4v) is 11.1. The normalized spacial score (nSPS) is 11.9. The van der Waals surface area contributed by atoms with Crippen LogP contribution in [0.15, 0.2) is 158 Å². The first-order valence-electron chi connectivity index (χ1n) is 23.4. The molecule has 0 amide bonds. The second kappa shape index (κ2) is 19.7. The molecule has 0 fully saturated rings. The van der Waals surface area contributed by atoms with Gasteiger partial charge in [0, 0.05) is 36.7 Å². The summed E-state index contributed by atoms with van der Waals surface area (Å²) in [5.74, 6) is 1.35. The molecule has 0 aliphatic heterocycles. The monoisotopic (exact) mass is 1100 g/mol. The molecule has 0 aliphatic rings. The van der Waals surface area contributed by atoms with E-state index in [2.05, 4.69) is 193 Å². The van der Waals surface area contributed by atoms with E-state index in [-0.39, 0.29) is 31.3 Å². The summed E-state index contributed by atoms with van der Waals surface area (Å²) >= 11 is 1.81. The summed E-state index contributed by atoms with van der Waals surface area (Å²) in [7, 11) is -1.23. The molecule has 0 aliphatic carbocycles. The number of halogens is 1. The van der Waals surface area contributed by atoms with E-state index in [1.165, 1.54) is 65.4 Å². The van der Waals surface area contributed by atoms with Crippen molar-refractivity contribution in [2.45, 2.75) is 85.4 Å². The van der Waals surface area contributed by atoms with Crippen molar-refractivity contribution in [1.29, 1.82) is 0 Å². The smallest absolute Gasteiger partial charge is 0.123 e. The van der Waals surface area contributed by atoms with Crippen LogP contribution in [0.4, 0.5) is 4.39 Å². The molecule has 68 heavy (non-hydrogen) atoms. The maximum Gasteiger partial charge on any atom is 0.123 e. The molecule has 1 radical (unpaired) electrons. The molecule has 3 heterocycles. The van der Waals surface area contributed by atoms with Gasteiger partial charge in [-0.1, -0.05) is 164 Å². The van der Waals surface area contributed by atoms with Crippen LogP contribution in [0.1, 0.15) is 77.0 Å². The van der Waals surface area contributed by atoms with Gasteiger partial charge in [0.1, 0.15) is 5.82 Å². The van der Waals surface area contributed by atoms with E-state index in [4.69, 9.17) is 4.98 Å². The number of hydrogen-bond donors (Lipinski definition) is 0. The molecular formula is C61H58FIrN3SSi-2. The summed E-state index contributed by atoms with van der Waals surface area (Å²) in [5.41, 5.74) is 14.9. The van der Waals surface area contributed by atoms with Crippen molar-refractivity contribution in [3.8, 4) is 50.6 Å². The van der Waals surface area contributed by atoms with Crippen LogP contribution in [0.5, 0.6) is 0 Å². The Morgan fingerprint density at radius 1 is 0.647 bits per heavy atom. The van der Waals surface area contributed by atoms with Crippen molar-refractivity contribution in [3.63, 3.8) is 0 Å². The third-order valence-electron chi connectivity index (χ3n) is 12.7. The summed E-state index contributed by atoms with van der Waals surface area (Å²) in [4.78, 5) is 9.89. The van der Waals surface area contributed by atoms with Gasteiger partial charge in [0.2, 0.25) is 0 Å². The van der Waals surface area contributed by atoms with Crippen molar-refractivity contribution < 1.29 is 24.5 Å². The van der Waals surface area contributed by atoms with Gasteiger partial charge in [0.15, 0.2) is 0 Å². The number of rotatable bonds is 8. The number of aromatic nitrogens is 3. The molecule has 0 unspecified atom stereocenters. The molecule has 10 rings (SSSR count). The number of hydrogen-bond acceptors (Lipinski definition) is 3. The number of imidazole rings is 1. The first-order chi connectivity index (χ1) is 32.0. The van der Waals surface area contributed by atoms with Gasteiger partial charge in [-0.25, -0.2) is 4.39 Å². The number of para-hydroxylation sites is 2. The Kier molecular flexibility index (Phi) is 14.1. The predicted octanol–water partition coefficient (Wildman–Crippen LogP) is 17.0. The molecule has 0 atom stereocenters. The van der Waals surface area contributed by atoms with Crippen LogP contribution in [-0.2, 0) is 25.5 Å². The van der Waals surface area contributed by atoms with Gasteiger partial charge in [-0.2, -0.15) is 11.3 Å². The van der Waals surface area contributed by atoms with Crippen molar-refractivity contribution >= 4 is 55.8 Å². The number of benzene rings is 7. The quantitative estimate of drug-likeness (QED) is 0.112. The van der Waals surface area contributed by atoms with Crippen LogP contribution in [0.25, 0.3) is 81.8 Å². The first-order valence-corrected chi connectivity index (χ1v) is 27.7. The minimum atomic E-state index is -1.23. The fourth-order valence-electron chi connectivity index (χ4n) is 8.81. The van der Waals surface area contributed by atoms with Crippen molar-refractivity contribution in [2.24, 2.45) is 0 Å². The van der Waals surface area contributed by atoms with Gasteiger partial charge in [-0.3, -0.25) is 4.98 Å². The van der Waals surface area contributed by atoms with Crippen LogP contribution >= 0.6 is 11.3 Å².